The van der Waals surface area contributed by atoms with Crippen LogP contribution in [-0.2, 0) is 14.3 Å². The Kier molecular flexibility index (Phi) is 7.43. The third-order valence-electron chi connectivity index (χ3n) is 6.48. The fourth-order valence-corrected chi connectivity index (χ4v) is 5.19. The van der Waals surface area contributed by atoms with E-state index in [-0.39, 0.29) is 18.3 Å². The lowest BCUT2D eigenvalue weighted by atomic mass is 9.71. The zero-order valence-electron chi connectivity index (χ0n) is 20.0. The number of methoxy groups -OCH3 is 2. The highest BCUT2D eigenvalue weighted by Crippen LogP contribution is 2.47. The second kappa shape index (κ2) is 10.3. The summed E-state index contributed by atoms with van der Waals surface area (Å²) in [7, 11) is 3.17. The number of allylic oxidation sites excluding steroid dienone is 3. The molecule has 0 radical (unpaired) electrons. The van der Waals surface area contributed by atoms with Gasteiger partial charge in [0.05, 0.1) is 36.4 Å². The molecule has 35 heavy (non-hydrogen) atoms. The average molecular weight is 516 g/mol. The number of ether oxygens (including phenoxy) is 3. The highest BCUT2D eigenvalue weighted by atomic mass is 35.5. The van der Waals surface area contributed by atoms with Crippen LogP contribution in [0.4, 0.5) is 0 Å². The zero-order chi connectivity index (χ0) is 25.3. The molecule has 0 amide bonds. The van der Waals surface area contributed by atoms with Gasteiger partial charge in [0.15, 0.2) is 17.3 Å². The van der Waals surface area contributed by atoms with Gasteiger partial charge in [-0.05, 0) is 61.6 Å². The van der Waals surface area contributed by atoms with Crippen LogP contribution in [0, 0.1) is 0 Å². The van der Waals surface area contributed by atoms with Crippen molar-refractivity contribution in [1.29, 1.82) is 0 Å². The fraction of sp³-hybridized carbons (Fsp3) is 0.333. The first kappa shape index (κ1) is 25.1. The van der Waals surface area contributed by atoms with Gasteiger partial charge in [0.1, 0.15) is 0 Å². The lowest BCUT2D eigenvalue weighted by Crippen LogP contribution is -2.36. The zero-order valence-corrected chi connectivity index (χ0v) is 21.5. The third kappa shape index (κ3) is 4.78. The molecule has 184 valence electrons. The van der Waals surface area contributed by atoms with Crippen LogP contribution in [0.2, 0.25) is 10.0 Å². The Morgan fingerprint density at radius 3 is 2.37 bits per heavy atom. The third-order valence-corrected chi connectivity index (χ3v) is 7.22. The Labute approximate surface area is 214 Å². The number of nitrogens with one attached hydrogen (secondary N) is 1. The molecule has 0 saturated carbocycles. The van der Waals surface area contributed by atoms with Gasteiger partial charge in [0.2, 0.25) is 0 Å². The fourth-order valence-electron chi connectivity index (χ4n) is 4.89. The number of Topliss-reactive ketones (excluding diaryl/α,β-unsaturated/α-hetero) is 1. The summed E-state index contributed by atoms with van der Waals surface area (Å²) < 4.78 is 16.2. The number of hydrogen-bond acceptors (Lipinski definition) is 6. The first-order chi connectivity index (χ1) is 16.8. The number of dihydropyridines is 1. The van der Waals surface area contributed by atoms with Gasteiger partial charge in [0, 0.05) is 29.3 Å². The number of hydrogen-bond donors (Lipinski definition) is 1. The summed E-state index contributed by atoms with van der Waals surface area (Å²) in [5.74, 6) is 0.0903. The van der Waals surface area contributed by atoms with Crippen molar-refractivity contribution in [2.45, 2.75) is 38.5 Å². The van der Waals surface area contributed by atoms with Crippen LogP contribution in [-0.4, -0.2) is 32.6 Å². The molecule has 0 unspecified atom stereocenters. The van der Waals surface area contributed by atoms with Crippen molar-refractivity contribution in [2.75, 3.05) is 20.8 Å². The van der Waals surface area contributed by atoms with Crippen LogP contribution in [0.1, 0.15) is 49.7 Å². The number of carbonyl (C=O) groups is 2. The van der Waals surface area contributed by atoms with Crippen LogP contribution in [0.3, 0.4) is 0 Å². The maximum absolute atomic E-state index is 13.7. The lowest BCUT2D eigenvalue weighted by molar-refractivity contribution is -0.138. The number of ketones is 1. The number of rotatable bonds is 6. The molecule has 0 spiro atoms. The summed E-state index contributed by atoms with van der Waals surface area (Å²) in [5.41, 5.74) is 4.11. The Morgan fingerprint density at radius 1 is 1.00 bits per heavy atom. The maximum atomic E-state index is 13.7. The van der Waals surface area contributed by atoms with E-state index in [1.807, 2.05) is 25.1 Å². The second-order valence-electron chi connectivity index (χ2n) is 8.53. The largest absolute Gasteiger partial charge is 0.493 e. The topological polar surface area (TPSA) is 73.9 Å². The van der Waals surface area contributed by atoms with Crippen LogP contribution >= 0.6 is 23.2 Å². The van der Waals surface area contributed by atoms with Gasteiger partial charge in [-0.2, -0.15) is 0 Å². The molecule has 1 heterocycles. The van der Waals surface area contributed by atoms with Crippen molar-refractivity contribution in [2.24, 2.45) is 0 Å². The minimum absolute atomic E-state index is 0.0381. The summed E-state index contributed by atoms with van der Waals surface area (Å²) in [6.45, 7) is 3.80. The Bertz CT molecular complexity index is 1250. The quantitative estimate of drug-likeness (QED) is 0.480. The molecular formula is C27H27Cl2NO5. The number of benzene rings is 2. The lowest BCUT2D eigenvalue weighted by Gasteiger charge is -2.36. The first-order valence-corrected chi connectivity index (χ1v) is 12.1. The molecule has 0 aromatic heterocycles. The molecule has 4 rings (SSSR count). The second-order valence-corrected chi connectivity index (χ2v) is 9.34. The van der Waals surface area contributed by atoms with Gasteiger partial charge in [-0.1, -0.05) is 35.3 Å². The predicted molar refractivity (Wildman–Crippen MR) is 135 cm³/mol. The molecule has 0 fully saturated rings. The Morgan fingerprint density at radius 2 is 1.71 bits per heavy atom. The SMILES string of the molecule is CCOC(=O)C1=C(C)NC2=C(C(=O)C[C@H](c3ccc(OC)c(OC)c3)C2)[C@@H]1c1ccc(Cl)c(Cl)c1. The van der Waals surface area contributed by atoms with Crippen LogP contribution < -0.4 is 14.8 Å². The highest BCUT2D eigenvalue weighted by molar-refractivity contribution is 6.42. The van der Waals surface area contributed by atoms with E-state index < -0.39 is 11.9 Å². The monoisotopic (exact) mass is 515 g/mol. The van der Waals surface area contributed by atoms with E-state index >= 15 is 0 Å². The molecule has 2 atom stereocenters. The molecule has 1 N–H and O–H groups in total. The molecule has 0 saturated heterocycles. The van der Waals surface area contributed by atoms with E-state index in [0.717, 1.165) is 11.3 Å². The van der Waals surface area contributed by atoms with Gasteiger partial charge >= 0.3 is 5.97 Å². The van der Waals surface area contributed by atoms with Crippen LogP contribution in [0.5, 0.6) is 11.5 Å². The van der Waals surface area contributed by atoms with Gasteiger partial charge in [-0.25, -0.2) is 4.79 Å². The van der Waals surface area contributed by atoms with E-state index in [4.69, 9.17) is 37.4 Å². The van der Waals surface area contributed by atoms with Crippen molar-refractivity contribution in [3.05, 3.63) is 80.1 Å². The van der Waals surface area contributed by atoms with E-state index in [1.165, 1.54) is 0 Å². The van der Waals surface area contributed by atoms with E-state index in [0.29, 0.717) is 56.8 Å². The normalized spacial score (nSPS) is 19.8. The van der Waals surface area contributed by atoms with Crippen LogP contribution in [0.15, 0.2) is 58.9 Å². The van der Waals surface area contributed by atoms with Gasteiger partial charge in [-0.3, -0.25) is 4.79 Å². The number of carbonyl (C=O) groups excluding carboxylic acids is 2. The summed E-state index contributed by atoms with van der Waals surface area (Å²) in [5, 5.41) is 4.10. The smallest absolute Gasteiger partial charge is 0.336 e. The molecule has 2 aromatic rings. The van der Waals surface area contributed by atoms with E-state index in [9.17, 15) is 9.59 Å². The minimum atomic E-state index is -0.598. The van der Waals surface area contributed by atoms with E-state index in [1.54, 1.807) is 39.3 Å². The van der Waals surface area contributed by atoms with Crippen LogP contribution in [0.25, 0.3) is 0 Å². The Hall–Kier alpha value is -2.96. The summed E-state index contributed by atoms with van der Waals surface area (Å²) >= 11 is 12.5. The molecule has 2 aliphatic rings. The molecule has 1 aliphatic carbocycles. The van der Waals surface area contributed by atoms with E-state index in [2.05, 4.69) is 5.32 Å². The number of halogens is 2. The van der Waals surface area contributed by atoms with Gasteiger partial charge in [0.25, 0.3) is 0 Å². The minimum Gasteiger partial charge on any atom is -0.493 e. The van der Waals surface area contributed by atoms with Crippen molar-refractivity contribution in [3.8, 4) is 11.5 Å². The van der Waals surface area contributed by atoms with Crippen molar-refractivity contribution in [3.63, 3.8) is 0 Å². The highest BCUT2D eigenvalue weighted by Gasteiger charge is 2.41. The molecule has 8 heteroatoms. The molecular weight excluding hydrogens is 489 g/mol. The summed E-state index contributed by atoms with van der Waals surface area (Å²) in [6, 6.07) is 10.9. The molecule has 0 bridgehead atoms. The summed E-state index contributed by atoms with van der Waals surface area (Å²) in [6.07, 6.45) is 0.894. The predicted octanol–water partition coefficient (Wildman–Crippen LogP) is 5.94. The summed E-state index contributed by atoms with van der Waals surface area (Å²) in [4.78, 5) is 26.7. The van der Waals surface area contributed by atoms with Crippen molar-refractivity contribution < 1.29 is 23.8 Å². The molecule has 2 aromatic carbocycles. The standard InChI is InChI=1S/C27H27Cl2NO5/c1-5-35-27(32)24-14(2)30-20-11-17(15-7-9-22(33-3)23(13-15)34-4)12-21(31)26(20)25(24)16-6-8-18(28)19(29)10-16/h6-10,13,17,25,30H,5,11-12H2,1-4H3/t17-,25-/m1/s1. The van der Waals surface area contributed by atoms with Gasteiger partial charge < -0.3 is 19.5 Å². The van der Waals surface area contributed by atoms with Crippen molar-refractivity contribution >= 4 is 35.0 Å². The first-order valence-electron chi connectivity index (χ1n) is 11.4. The number of esters is 1. The average Bonchev–Trinajstić information content (AvgIpc) is 2.84. The Balaban J connectivity index is 1.79. The molecule has 6 nitrogen and oxygen atoms in total. The molecule has 1 aliphatic heterocycles. The van der Waals surface area contributed by atoms with Gasteiger partial charge in [-0.15, -0.1) is 0 Å². The maximum Gasteiger partial charge on any atom is 0.336 e. The van der Waals surface area contributed by atoms with Crippen molar-refractivity contribution in [1.82, 2.24) is 5.32 Å².